The van der Waals surface area contributed by atoms with Crippen molar-refractivity contribution in [1.82, 2.24) is 0 Å². The van der Waals surface area contributed by atoms with Gasteiger partial charge in [-0.2, -0.15) is 0 Å². The van der Waals surface area contributed by atoms with Gasteiger partial charge in [-0.25, -0.2) is 9.59 Å². The van der Waals surface area contributed by atoms with Gasteiger partial charge < -0.3 is 9.47 Å². The Hall–Kier alpha value is -5.20. The Labute approximate surface area is 341 Å². The predicted octanol–water partition coefficient (Wildman–Crippen LogP) is 9.62. The van der Waals surface area contributed by atoms with Crippen LogP contribution in [-0.2, 0) is 19.1 Å². The summed E-state index contributed by atoms with van der Waals surface area (Å²) in [5.74, 6) is 0.923. The summed E-state index contributed by atoms with van der Waals surface area (Å²) in [5, 5.41) is 5.54. The van der Waals surface area contributed by atoms with Crippen molar-refractivity contribution in [2.45, 2.75) is 25.3 Å². The lowest BCUT2D eigenvalue weighted by Crippen LogP contribution is -2.41. The second-order valence-corrected chi connectivity index (χ2v) is 16.9. The highest BCUT2D eigenvalue weighted by atomic mass is 79.9. The van der Waals surface area contributed by atoms with Crippen LogP contribution in [0.15, 0.2) is 142 Å². The average Bonchev–Trinajstić information content (AvgIpc) is 4.07. The molecular weight excluding hydrogens is 840 g/mol. The van der Waals surface area contributed by atoms with Crippen LogP contribution in [-0.4, -0.2) is 36.5 Å². The lowest BCUT2D eigenvalue weighted by molar-refractivity contribution is -0.122. The first-order chi connectivity index (χ1) is 27.2. The number of rotatable bonds is 6. The molecule has 0 aromatic heterocycles. The molecule has 6 aliphatic rings. The van der Waals surface area contributed by atoms with Gasteiger partial charge in [0, 0.05) is 43.5 Å². The van der Waals surface area contributed by atoms with Gasteiger partial charge in [-0.05, 0) is 109 Å². The lowest BCUT2D eigenvalue weighted by Gasteiger charge is -2.29. The second kappa shape index (κ2) is 15.0. The van der Waals surface area contributed by atoms with Crippen molar-refractivity contribution in [3.63, 3.8) is 0 Å². The summed E-state index contributed by atoms with van der Waals surface area (Å²) in [7, 11) is 0. The predicted molar refractivity (Wildman–Crippen MR) is 219 cm³/mol. The van der Waals surface area contributed by atoms with E-state index in [4.69, 9.17) is 9.47 Å². The van der Waals surface area contributed by atoms with Crippen LogP contribution < -0.4 is 20.4 Å². The molecule has 2 N–H and O–H groups in total. The number of benzene rings is 4. The van der Waals surface area contributed by atoms with Crippen molar-refractivity contribution in [2.24, 2.45) is 47.3 Å². The van der Waals surface area contributed by atoms with Gasteiger partial charge in [0.1, 0.15) is 0 Å². The van der Waals surface area contributed by atoms with E-state index in [0.29, 0.717) is 11.4 Å². The second-order valence-electron chi connectivity index (χ2n) is 15.0. The number of nitrogens with one attached hydrogen (secondary N) is 2. The van der Waals surface area contributed by atoms with Crippen LogP contribution in [0.2, 0.25) is 0 Å². The van der Waals surface area contributed by atoms with E-state index in [9.17, 15) is 19.2 Å². The average molecular weight is 879 g/mol. The Kier molecular flexibility index (Phi) is 9.79. The number of ether oxygens (including phenoxy) is 2. The first kappa shape index (κ1) is 36.4. The van der Waals surface area contributed by atoms with Crippen LogP contribution in [0.4, 0.5) is 32.3 Å². The van der Waals surface area contributed by atoms with Crippen LogP contribution in [0, 0.1) is 47.3 Å². The zero-order valence-corrected chi connectivity index (χ0v) is 33.2. The number of carbonyl (C=O) groups excluding carboxylic acids is 4. The number of carbonyl (C=O) groups is 4. The Morgan fingerprint density at radius 1 is 0.518 bits per heavy atom. The van der Waals surface area contributed by atoms with Crippen molar-refractivity contribution >= 4 is 78.6 Å². The quantitative estimate of drug-likeness (QED) is 0.187. The first-order valence-corrected chi connectivity index (χ1v) is 20.4. The molecule has 284 valence electrons. The number of fused-ring (bicyclic) bond motifs is 10. The van der Waals surface area contributed by atoms with E-state index in [1.165, 1.54) is 0 Å². The maximum absolute atomic E-state index is 13.2. The normalized spacial score (nSPS) is 29.8. The highest BCUT2D eigenvalue weighted by Crippen LogP contribution is 2.57. The smallest absolute Gasteiger partial charge is 0.413 e. The molecule has 0 spiro atoms. The first-order valence-electron chi connectivity index (χ1n) is 18.8. The van der Waals surface area contributed by atoms with E-state index in [-0.39, 0.29) is 59.2 Å². The molecule has 56 heavy (non-hydrogen) atoms. The van der Waals surface area contributed by atoms with Crippen molar-refractivity contribution in [3.05, 3.63) is 142 Å². The number of hydrogen-bond donors (Lipinski definition) is 2. The van der Waals surface area contributed by atoms with Gasteiger partial charge in [0.2, 0.25) is 11.8 Å². The SMILES string of the molecule is O=C(Nc1ccc(Br)cc1)O[C@@H]1[C@@H]2[C@H](C(=O)N1c1ccccc1)[C@@H]1C=C[C@H]2C1.O=C(Nc1ccc(Br)cc1)O[C@@H]1[C@@H]2[C@H](C(=O)N1c1ccccc1)[C@@H]1C=C[C@H]2C1. The maximum Gasteiger partial charge on any atom is 0.413 e. The highest BCUT2D eigenvalue weighted by Gasteiger charge is 2.62. The van der Waals surface area contributed by atoms with Crippen LogP contribution in [0.25, 0.3) is 0 Å². The molecule has 0 unspecified atom stereocenters. The molecule has 2 aliphatic heterocycles. The number of hydrogen-bond acceptors (Lipinski definition) is 6. The number of anilines is 4. The third-order valence-corrected chi connectivity index (χ3v) is 13.0. The van der Waals surface area contributed by atoms with Gasteiger partial charge >= 0.3 is 12.2 Å². The summed E-state index contributed by atoms with van der Waals surface area (Å²) < 4.78 is 13.6. The molecule has 2 heterocycles. The van der Waals surface area contributed by atoms with Crippen molar-refractivity contribution < 1.29 is 28.7 Å². The summed E-state index contributed by atoms with van der Waals surface area (Å²) in [6.07, 6.45) is 8.30. The van der Waals surface area contributed by atoms with E-state index in [0.717, 1.165) is 33.2 Å². The Morgan fingerprint density at radius 3 is 1.25 bits per heavy atom. The summed E-state index contributed by atoms with van der Waals surface area (Å²) in [6, 6.07) is 33.5. The number of amides is 4. The fourth-order valence-electron chi connectivity index (χ4n) is 9.68. The summed E-state index contributed by atoms with van der Waals surface area (Å²) in [6.45, 7) is 0. The van der Waals surface area contributed by atoms with Gasteiger partial charge in [-0.3, -0.25) is 30.0 Å². The molecule has 2 saturated carbocycles. The monoisotopic (exact) mass is 876 g/mol. The van der Waals surface area contributed by atoms with E-state index < -0.39 is 24.6 Å². The summed E-state index contributed by atoms with van der Waals surface area (Å²) in [4.78, 5) is 55.1. The third-order valence-electron chi connectivity index (χ3n) is 12.0. The molecule has 4 fully saturated rings. The molecule has 10 atom stereocenters. The van der Waals surface area contributed by atoms with Gasteiger partial charge in [-0.1, -0.05) is 92.6 Å². The van der Waals surface area contributed by atoms with E-state index in [1.54, 1.807) is 34.1 Å². The van der Waals surface area contributed by atoms with Crippen molar-refractivity contribution in [3.8, 4) is 0 Å². The van der Waals surface area contributed by atoms with Crippen LogP contribution in [0.5, 0.6) is 0 Å². The van der Waals surface area contributed by atoms with E-state index >= 15 is 0 Å². The fraction of sp³-hybridized carbons (Fsp3) is 0.273. The van der Waals surface area contributed by atoms with Crippen molar-refractivity contribution in [1.29, 1.82) is 0 Å². The van der Waals surface area contributed by atoms with Gasteiger partial charge in [0.25, 0.3) is 0 Å². The summed E-state index contributed by atoms with van der Waals surface area (Å²) >= 11 is 6.76. The van der Waals surface area contributed by atoms with Crippen LogP contribution in [0.1, 0.15) is 12.8 Å². The van der Waals surface area contributed by atoms with Crippen molar-refractivity contribution in [2.75, 3.05) is 20.4 Å². The Balaban J connectivity index is 0.000000146. The number of nitrogens with zero attached hydrogens (tertiary/aromatic N) is 2. The molecule has 10 rings (SSSR count). The zero-order chi connectivity index (χ0) is 38.5. The molecule has 4 aromatic carbocycles. The molecule has 12 heteroatoms. The Morgan fingerprint density at radius 2 is 0.875 bits per heavy atom. The third kappa shape index (κ3) is 6.72. The van der Waals surface area contributed by atoms with E-state index in [1.807, 2.05) is 84.9 Å². The Bertz CT molecular complexity index is 2050. The molecule has 4 amide bonds. The topological polar surface area (TPSA) is 117 Å². The van der Waals surface area contributed by atoms with E-state index in [2.05, 4.69) is 66.8 Å². The molecule has 2 saturated heterocycles. The number of para-hydroxylation sites is 2. The fourth-order valence-corrected chi connectivity index (χ4v) is 10.2. The highest BCUT2D eigenvalue weighted by molar-refractivity contribution is 9.10. The molecule has 0 radical (unpaired) electrons. The van der Waals surface area contributed by atoms with Gasteiger partial charge in [-0.15, -0.1) is 0 Å². The molecule has 4 bridgehead atoms. The standard InChI is InChI=1S/2C22H19BrN2O3/c2*23-15-8-10-16(11-9-15)24-22(27)28-21-19-14-7-6-13(12-14)18(19)20(26)25(21)17-4-2-1-3-5-17/h2*1-11,13-14,18-19,21H,12H2,(H,24,27)/t2*13-,14+,18-,19+,21-/m11/s1. The van der Waals surface area contributed by atoms with Crippen LogP contribution in [0.3, 0.4) is 0 Å². The lowest BCUT2D eigenvalue weighted by atomic mass is 9.85. The number of allylic oxidation sites excluding steroid dienone is 4. The summed E-state index contributed by atoms with van der Waals surface area (Å²) in [5.41, 5.74) is 2.83. The van der Waals surface area contributed by atoms with Gasteiger partial charge in [0.05, 0.1) is 11.8 Å². The minimum atomic E-state index is -0.602. The number of halogens is 2. The largest absolute Gasteiger partial charge is 0.424 e. The molecule has 4 aromatic rings. The maximum atomic E-state index is 13.2. The minimum Gasteiger partial charge on any atom is -0.424 e. The van der Waals surface area contributed by atoms with Crippen LogP contribution >= 0.6 is 31.9 Å². The van der Waals surface area contributed by atoms with Gasteiger partial charge in [0.15, 0.2) is 12.5 Å². The molecular formula is C44H38Br2N4O6. The minimum absolute atomic E-state index is 0.00151. The molecule has 4 aliphatic carbocycles. The molecule has 10 nitrogen and oxygen atoms in total. The zero-order valence-electron chi connectivity index (χ0n) is 30.0.